The Bertz CT molecular complexity index is 747. The zero-order chi connectivity index (χ0) is 18.8. The van der Waals surface area contributed by atoms with Gasteiger partial charge in [0.15, 0.2) is 0 Å². The van der Waals surface area contributed by atoms with E-state index < -0.39 is 6.61 Å². The molecule has 0 bridgehead atoms. The molecule has 2 aromatic carbocycles. The summed E-state index contributed by atoms with van der Waals surface area (Å²) in [4.78, 5) is 23.5. The third-order valence-corrected chi connectivity index (χ3v) is 3.24. The molecule has 0 radical (unpaired) electrons. The summed E-state index contributed by atoms with van der Waals surface area (Å²) in [7, 11) is 0. The Hall–Kier alpha value is -3.22. The molecule has 0 saturated heterocycles. The van der Waals surface area contributed by atoms with Crippen LogP contribution in [0.15, 0.2) is 60.7 Å². The van der Waals surface area contributed by atoms with Gasteiger partial charge in [-0.2, -0.15) is 8.78 Å². The molecule has 2 amide bonds. The summed E-state index contributed by atoms with van der Waals surface area (Å²) in [6, 6.07) is 14.9. The zero-order valence-electron chi connectivity index (χ0n) is 13.8. The summed E-state index contributed by atoms with van der Waals surface area (Å²) < 4.78 is 28.3. The zero-order valence-corrected chi connectivity index (χ0v) is 13.8. The number of carbonyl (C=O) groups excluding carboxylic acids is 2. The van der Waals surface area contributed by atoms with E-state index >= 15 is 0 Å². The van der Waals surface area contributed by atoms with Gasteiger partial charge in [0.05, 0.1) is 0 Å². The Balaban J connectivity index is 1.70. The minimum atomic E-state index is -2.89. The van der Waals surface area contributed by atoms with Crippen molar-refractivity contribution in [1.29, 1.82) is 0 Å². The van der Waals surface area contributed by atoms with Crippen LogP contribution >= 0.6 is 0 Å². The molecule has 0 unspecified atom stereocenters. The van der Waals surface area contributed by atoms with E-state index in [0.717, 1.165) is 5.56 Å². The van der Waals surface area contributed by atoms with Crippen LogP contribution in [0.3, 0.4) is 0 Å². The summed E-state index contributed by atoms with van der Waals surface area (Å²) in [5.74, 6) is -0.592. The lowest BCUT2D eigenvalue weighted by Crippen LogP contribution is -2.26. The van der Waals surface area contributed by atoms with Gasteiger partial charge in [-0.3, -0.25) is 9.59 Å². The van der Waals surface area contributed by atoms with Crippen molar-refractivity contribution in [2.75, 3.05) is 11.9 Å². The van der Waals surface area contributed by atoms with Gasteiger partial charge in [0.1, 0.15) is 5.75 Å². The predicted octanol–water partition coefficient (Wildman–Crippen LogP) is 3.45. The van der Waals surface area contributed by atoms with Crippen molar-refractivity contribution in [1.82, 2.24) is 5.32 Å². The molecule has 0 fully saturated rings. The first-order valence-electron chi connectivity index (χ1n) is 7.88. The number of amides is 2. The lowest BCUT2D eigenvalue weighted by atomic mass is 10.2. The van der Waals surface area contributed by atoms with E-state index in [-0.39, 0.29) is 30.5 Å². The van der Waals surface area contributed by atoms with Gasteiger partial charge >= 0.3 is 6.61 Å². The molecule has 2 N–H and O–H groups in total. The number of alkyl halides is 2. The molecule has 0 atom stereocenters. The molecule has 7 heteroatoms. The molecule has 0 heterocycles. The molecule has 5 nitrogen and oxygen atoms in total. The smallest absolute Gasteiger partial charge is 0.387 e. The van der Waals surface area contributed by atoms with E-state index in [2.05, 4.69) is 15.4 Å². The SMILES string of the molecule is O=C(/C=C/c1ccccc1)NCCC(=O)Nc1ccc(OC(F)F)cc1. The van der Waals surface area contributed by atoms with E-state index in [0.29, 0.717) is 5.69 Å². The van der Waals surface area contributed by atoms with Crippen molar-refractivity contribution in [3.63, 3.8) is 0 Å². The molecule has 0 aliphatic heterocycles. The number of rotatable bonds is 8. The number of hydrogen-bond donors (Lipinski definition) is 2. The van der Waals surface area contributed by atoms with Crippen molar-refractivity contribution in [3.05, 3.63) is 66.2 Å². The Kier molecular flexibility index (Phi) is 7.30. The fraction of sp³-hybridized carbons (Fsp3) is 0.158. The van der Waals surface area contributed by atoms with Gasteiger partial charge in [-0.05, 0) is 35.9 Å². The summed E-state index contributed by atoms with van der Waals surface area (Å²) in [6.45, 7) is -2.72. The van der Waals surface area contributed by atoms with Crippen LogP contribution in [0.2, 0.25) is 0 Å². The average molecular weight is 360 g/mol. The summed E-state index contributed by atoms with van der Waals surface area (Å²) in [5.41, 5.74) is 1.35. The molecule has 0 aromatic heterocycles. The highest BCUT2D eigenvalue weighted by molar-refractivity contribution is 5.93. The standard InChI is InChI=1S/C19H18F2N2O3/c20-19(21)26-16-9-7-15(8-10-16)23-18(25)12-13-22-17(24)11-6-14-4-2-1-3-5-14/h1-11,19H,12-13H2,(H,22,24)(H,23,25)/b11-6+. The normalized spacial score (nSPS) is 10.7. The van der Waals surface area contributed by atoms with Crippen LogP contribution in [0.25, 0.3) is 6.08 Å². The molecule has 0 spiro atoms. The summed E-state index contributed by atoms with van der Waals surface area (Å²) in [5, 5.41) is 5.21. The maximum absolute atomic E-state index is 12.1. The van der Waals surface area contributed by atoms with Crippen LogP contribution in [-0.4, -0.2) is 25.0 Å². The molecule has 0 saturated carbocycles. The fourth-order valence-corrected chi connectivity index (χ4v) is 2.04. The van der Waals surface area contributed by atoms with Gasteiger partial charge in [0.2, 0.25) is 11.8 Å². The molecular weight excluding hydrogens is 342 g/mol. The highest BCUT2D eigenvalue weighted by Gasteiger charge is 2.06. The Labute approximate surface area is 149 Å². The maximum Gasteiger partial charge on any atom is 0.387 e. The minimum absolute atomic E-state index is 0.00969. The second-order valence-corrected chi connectivity index (χ2v) is 5.24. The predicted molar refractivity (Wildman–Crippen MR) is 94.8 cm³/mol. The highest BCUT2D eigenvalue weighted by atomic mass is 19.3. The Morgan fingerprint density at radius 2 is 1.73 bits per heavy atom. The van der Waals surface area contributed by atoms with Gasteiger partial charge in [-0.25, -0.2) is 0 Å². The van der Waals surface area contributed by atoms with Crippen LogP contribution in [0, 0.1) is 0 Å². The second kappa shape index (κ2) is 9.93. The topological polar surface area (TPSA) is 67.4 Å². The molecule has 2 aromatic rings. The van der Waals surface area contributed by atoms with Crippen molar-refractivity contribution in [2.45, 2.75) is 13.0 Å². The number of ether oxygens (including phenoxy) is 1. The van der Waals surface area contributed by atoms with Crippen molar-refractivity contribution >= 4 is 23.6 Å². The van der Waals surface area contributed by atoms with Gasteiger partial charge < -0.3 is 15.4 Å². The lowest BCUT2D eigenvalue weighted by Gasteiger charge is -2.07. The van der Waals surface area contributed by atoms with Crippen LogP contribution in [0.5, 0.6) is 5.75 Å². The third kappa shape index (κ3) is 7.12. The molecule has 26 heavy (non-hydrogen) atoms. The monoisotopic (exact) mass is 360 g/mol. The summed E-state index contributed by atoms with van der Waals surface area (Å²) in [6.07, 6.45) is 3.16. The minimum Gasteiger partial charge on any atom is -0.435 e. The number of hydrogen-bond acceptors (Lipinski definition) is 3. The number of anilines is 1. The maximum atomic E-state index is 12.1. The van der Waals surface area contributed by atoms with Crippen LogP contribution in [0.1, 0.15) is 12.0 Å². The first-order valence-corrected chi connectivity index (χ1v) is 7.88. The second-order valence-electron chi connectivity index (χ2n) is 5.24. The molecule has 0 aliphatic carbocycles. The fourth-order valence-electron chi connectivity index (χ4n) is 2.04. The highest BCUT2D eigenvalue weighted by Crippen LogP contribution is 2.17. The number of carbonyl (C=O) groups is 2. The number of benzene rings is 2. The van der Waals surface area contributed by atoms with Crippen molar-refractivity contribution < 1.29 is 23.1 Å². The first-order chi connectivity index (χ1) is 12.5. The Morgan fingerprint density at radius 3 is 2.38 bits per heavy atom. The molecular formula is C19H18F2N2O3. The van der Waals surface area contributed by atoms with Crippen molar-refractivity contribution in [3.8, 4) is 5.75 Å². The molecule has 136 valence electrons. The third-order valence-electron chi connectivity index (χ3n) is 3.24. The van der Waals surface area contributed by atoms with E-state index in [9.17, 15) is 18.4 Å². The van der Waals surface area contributed by atoms with E-state index in [1.807, 2.05) is 30.3 Å². The van der Waals surface area contributed by atoms with Gasteiger partial charge in [0, 0.05) is 24.7 Å². The molecule has 2 rings (SSSR count). The van der Waals surface area contributed by atoms with Crippen molar-refractivity contribution in [2.24, 2.45) is 0 Å². The largest absolute Gasteiger partial charge is 0.435 e. The van der Waals surface area contributed by atoms with Gasteiger partial charge in [-0.15, -0.1) is 0 Å². The van der Waals surface area contributed by atoms with Crippen LogP contribution < -0.4 is 15.4 Å². The van der Waals surface area contributed by atoms with E-state index in [1.54, 1.807) is 6.08 Å². The number of nitrogens with one attached hydrogen (secondary N) is 2. The van der Waals surface area contributed by atoms with Gasteiger partial charge in [-0.1, -0.05) is 30.3 Å². The Morgan fingerprint density at radius 1 is 1.04 bits per heavy atom. The molecule has 0 aliphatic rings. The number of halogens is 2. The van der Waals surface area contributed by atoms with Crippen LogP contribution in [-0.2, 0) is 9.59 Å². The van der Waals surface area contributed by atoms with E-state index in [4.69, 9.17) is 0 Å². The lowest BCUT2D eigenvalue weighted by molar-refractivity contribution is -0.117. The quantitative estimate of drug-likeness (QED) is 0.709. The first kappa shape index (κ1) is 19.1. The van der Waals surface area contributed by atoms with E-state index in [1.165, 1.54) is 30.3 Å². The summed E-state index contributed by atoms with van der Waals surface area (Å²) >= 11 is 0. The average Bonchev–Trinajstić information content (AvgIpc) is 2.62. The van der Waals surface area contributed by atoms with Crippen LogP contribution in [0.4, 0.5) is 14.5 Å². The van der Waals surface area contributed by atoms with Gasteiger partial charge in [0.25, 0.3) is 0 Å².